The van der Waals surface area contributed by atoms with E-state index >= 15 is 0 Å². The molecule has 0 spiro atoms. The Morgan fingerprint density at radius 3 is 2.88 bits per heavy atom. The van der Waals surface area contributed by atoms with Crippen molar-refractivity contribution in [2.75, 3.05) is 13.1 Å². The van der Waals surface area contributed by atoms with Crippen molar-refractivity contribution < 1.29 is 9.90 Å². The molecule has 0 radical (unpaired) electrons. The summed E-state index contributed by atoms with van der Waals surface area (Å²) in [5.41, 5.74) is 1.78. The van der Waals surface area contributed by atoms with Gasteiger partial charge in [-0.3, -0.25) is 4.79 Å². The van der Waals surface area contributed by atoms with Gasteiger partial charge in [-0.25, -0.2) is 0 Å². The number of halogens is 1. The lowest BCUT2D eigenvalue weighted by molar-refractivity contribution is 0.0764. The topological polar surface area (TPSA) is 40.5 Å². The van der Waals surface area contributed by atoms with E-state index < -0.39 is 0 Å². The van der Waals surface area contributed by atoms with E-state index in [1.54, 1.807) is 4.90 Å². The van der Waals surface area contributed by atoms with E-state index in [1.807, 2.05) is 25.1 Å². The Kier molecular flexibility index (Phi) is 3.30. The Labute approximate surface area is 103 Å². The molecule has 1 heterocycles. The fourth-order valence-corrected chi connectivity index (χ4v) is 2.55. The molecule has 4 heteroatoms. The number of aliphatic hydroxyl groups is 1. The number of β-amino-alcohol motifs (C(OH)–C–C–N with tert-alkyl or cyclic N) is 1. The normalized spacial score (nSPS) is 20.2. The van der Waals surface area contributed by atoms with Crippen molar-refractivity contribution in [2.45, 2.75) is 19.4 Å². The third-order valence-electron chi connectivity index (χ3n) is 2.81. The average Bonchev–Trinajstić information content (AvgIpc) is 2.64. The highest BCUT2D eigenvalue weighted by Crippen LogP contribution is 2.22. The maximum Gasteiger partial charge on any atom is 0.255 e. The predicted octanol–water partition coefficient (Wildman–Crippen LogP) is 1.96. The Balaban J connectivity index is 2.21. The van der Waals surface area contributed by atoms with E-state index in [4.69, 9.17) is 0 Å². The molecule has 16 heavy (non-hydrogen) atoms. The first kappa shape index (κ1) is 11.6. The Hall–Kier alpha value is -0.870. The van der Waals surface area contributed by atoms with Gasteiger partial charge >= 0.3 is 0 Å². The number of nitrogens with zero attached hydrogens (tertiary/aromatic N) is 1. The zero-order chi connectivity index (χ0) is 11.7. The molecule has 86 valence electrons. The van der Waals surface area contributed by atoms with E-state index in [-0.39, 0.29) is 12.0 Å². The minimum Gasteiger partial charge on any atom is -0.391 e. The molecule has 0 aromatic heterocycles. The number of carbonyl (C=O) groups excluding carboxylic acids is 1. The number of carbonyl (C=O) groups is 1. The SMILES string of the molecule is Cc1ccc(C(=O)N2CC[C@@H](O)C2)c(Br)c1. The third-order valence-corrected chi connectivity index (χ3v) is 3.46. The van der Waals surface area contributed by atoms with Crippen LogP contribution in [0, 0.1) is 6.92 Å². The minimum absolute atomic E-state index is 0.0107. The Bertz CT molecular complexity index is 419. The molecule has 1 aliphatic heterocycles. The highest BCUT2D eigenvalue weighted by Gasteiger charge is 2.26. The quantitative estimate of drug-likeness (QED) is 0.856. The van der Waals surface area contributed by atoms with Crippen LogP contribution in [0.2, 0.25) is 0 Å². The molecule has 2 rings (SSSR count). The number of aliphatic hydroxyl groups excluding tert-OH is 1. The monoisotopic (exact) mass is 283 g/mol. The van der Waals surface area contributed by atoms with Crippen molar-refractivity contribution in [3.63, 3.8) is 0 Å². The van der Waals surface area contributed by atoms with E-state index in [0.717, 1.165) is 10.0 Å². The molecular formula is C12H14BrNO2. The van der Waals surface area contributed by atoms with Crippen molar-refractivity contribution in [1.29, 1.82) is 0 Å². The van der Waals surface area contributed by atoms with Crippen molar-refractivity contribution in [2.24, 2.45) is 0 Å². The van der Waals surface area contributed by atoms with Gasteiger partial charge in [-0.2, -0.15) is 0 Å². The first-order valence-corrected chi connectivity index (χ1v) is 6.10. The van der Waals surface area contributed by atoms with Crippen molar-refractivity contribution in [3.8, 4) is 0 Å². The second-order valence-electron chi connectivity index (χ2n) is 4.18. The van der Waals surface area contributed by atoms with Crippen LogP contribution >= 0.6 is 15.9 Å². The lowest BCUT2D eigenvalue weighted by Gasteiger charge is -2.16. The molecular weight excluding hydrogens is 270 g/mol. The number of likely N-dealkylation sites (tertiary alicyclic amines) is 1. The standard InChI is InChI=1S/C12H14BrNO2/c1-8-2-3-10(11(13)6-8)12(16)14-5-4-9(15)7-14/h2-3,6,9,15H,4-5,7H2,1H3/t9-/m1/s1. The number of amides is 1. The van der Waals surface area contributed by atoms with Gasteiger partial charge in [0, 0.05) is 17.6 Å². The molecule has 1 amide bonds. The van der Waals surface area contributed by atoms with E-state index in [1.165, 1.54) is 0 Å². The summed E-state index contributed by atoms with van der Waals surface area (Å²) in [5.74, 6) is -0.0107. The van der Waals surface area contributed by atoms with Gasteiger partial charge < -0.3 is 10.0 Å². The van der Waals surface area contributed by atoms with Crippen LogP contribution in [-0.4, -0.2) is 35.1 Å². The largest absolute Gasteiger partial charge is 0.391 e. The molecule has 1 aromatic carbocycles. The molecule has 3 nitrogen and oxygen atoms in total. The van der Waals surface area contributed by atoms with Gasteiger partial charge in [0.1, 0.15) is 0 Å². The number of aryl methyl sites for hydroxylation is 1. The molecule has 1 N–H and O–H groups in total. The number of rotatable bonds is 1. The van der Waals surface area contributed by atoms with Crippen LogP contribution in [0.5, 0.6) is 0 Å². The number of hydrogen-bond acceptors (Lipinski definition) is 2. The highest BCUT2D eigenvalue weighted by atomic mass is 79.9. The maximum absolute atomic E-state index is 12.1. The summed E-state index contributed by atoms with van der Waals surface area (Å²) in [6.07, 6.45) is 0.308. The molecule has 0 aliphatic carbocycles. The second-order valence-corrected chi connectivity index (χ2v) is 5.03. The molecule has 1 aliphatic rings. The number of hydrogen-bond donors (Lipinski definition) is 1. The van der Waals surface area contributed by atoms with Crippen molar-refractivity contribution in [1.82, 2.24) is 4.90 Å². The summed E-state index contributed by atoms with van der Waals surface area (Å²) >= 11 is 3.40. The van der Waals surface area contributed by atoms with Crippen molar-refractivity contribution >= 4 is 21.8 Å². The zero-order valence-electron chi connectivity index (χ0n) is 9.11. The summed E-state index contributed by atoms with van der Waals surface area (Å²) in [6, 6.07) is 5.68. The van der Waals surface area contributed by atoms with Crippen LogP contribution in [0.4, 0.5) is 0 Å². The second kappa shape index (κ2) is 4.55. The van der Waals surface area contributed by atoms with Crippen LogP contribution in [-0.2, 0) is 0 Å². The van der Waals surface area contributed by atoms with Gasteiger partial charge in [0.25, 0.3) is 5.91 Å². The molecule has 0 saturated carbocycles. The first-order chi connectivity index (χ1) is 7.58. The highest BCUT2D eigenvalue weighted by molar-refractivity contribution is 9.10. The van der Waals surface area contributed by atoms with Gasteiger partial charge in [-0.05, 0) is 47.0 Å². The van der Waals surface area contributed by atoms with Gasteiger partial charge in [-0.15, -0.1) is 0 Å². The van der Waals surface area contributed by atoms with E-state index in [0.29, 0.717) is 25.1 Å². The van der Waals surface area contributed by atoms with E-state index in [9.17, 15) is 9.90 Å². The average molecular weight is 284 g/mol. The van der Waals surface area contributed by atoms with Crippen LogP contribution in [0.3, 0.4) is 0 Å². The van der Waals surface area contributed by atoms with Crippen LogP contribution < -0.4 is 0 Å². The van der Waals surface area contributed by atoms with E-state index in [2.05, 4.69) is 15.9 Å². The summed E-state index contributed by atoms with van der Waals surface area (Å²) < 4.78 is 0.818. The number of benzene rings is 1. The molecule has 0 unspecified atom stereocenters. The smallest absolute Gasteiger partial charge is 0.255 e. The van der Waals surface area contributed by atoms with Gasteiger partial charge in [0.2, 0.25) is 0 Å². The summed E-state index contributed by atoms with van der Waals surface area (Å²) in [7, 11) is 0. The Morgan fingerprint density at radius 2 is 2.31 bits per heavy atom. The fraction of sp³-hybridized carbons (Fsp3) is 0.417. The molecule has 1 aromatic rings. The predicted molar refractivity (Wildman–Crippen MR) is 65.4 cm³/mol. The first-order valence-electron chi connectivity index (χ1n) is 5.31. The van der Waals surface area contributed by atoms with Crippen molar-refractivity contribution in [3.05, 3.63) is 33.8 Å². The van der Waals surface area contributed by atoms with Gasteiger partial charge in [0.15, 0.2) is 0 Å². The third kappa shape index (κ3) is 2.28. The minimum atomic E-state index is -0.367. The van der Waals surface area contributed by atoms with Crippen LogP contribution in [0.15, 0.2) is 22.7 Å². The molecule has 0 bridgehead atoms. The van der Waals surface area contributed by atoms with Crippen LogP contribution in [0.1, 0.15) is 22.3 Å². The molecule has 1 atom stereocenters. The summed E-state index contributed by atoms with van der Waals surface area (Å²) in [4.78, 5) is 13.8. The van der Waals surface area contributed by atoms with Gasteiger partial charge in [0.05, 0.1) is 11.7 Å². The zero-order valence-corrected chi connectivity index (χ0v) is 10.7. The maximum atomic E-state index is 12.1. The summed E-state index contributed by atoms with van der Waals surface area (Å²) in [5, 5.41) is 9.40. The van der Waals surface area contributed by atoms with Crippen LogP contribution in [0.25, 0.3) is 0 Å². The summed E-state index contributed by atoms with van der Waals surface area (Å²) in [6.45, 7) is 3.07. The lowest BCUT2D eigenvalue weighted by atomic mass is 10.1. The molecule has 1 fully saturated rings. The van der Waals surface area contributed by atoms with Gasteiger partial charge in [-0.1, -0.05) is 6.07 Å². The lowest BCUT2D eigenvalue weighted by Crippen LogP contribution is -2.29. The Morgan fingerprint density at radius 1 is 1.56 bits per heavy atom. The molecule has 1 saturated heterocycles. The fourth-order valence-electron chi connectivity index (χ4n) is 1.89.